The van der Waals surface area contributed by atoms with E-state index in [-0.39, 0.29) is 18.1 Å². The van der Waals surface area contributed by atoms with E-state index < -0.39 is 11.1 Å². The molecule has 1 spiro atoms. The third-order valence-corrected chi connectivity index (χ3v) is 6.99. The van der Waals surface area contributed by atoms with Gasteiger partial charge in [0.25, 0.3) is 5.91 Å². The molecule has 2 aliphatic heterocycles. The average molecular weight is 458 g/mol. The van der Waals surface area contributed by atoms with Gasteiger partial charge >= 0.3 is 0 Å². The lowest BCUT2D eigenvalue weighted by molar-refractivity contribution is -0.144. The van der Waals surface area contributed by atoms with Crippen molar-refractivity contribution in [2.75, 3.05) is 4.90 Å². The number of rotatable bonds is 4. The van der Waals surface area contributed by atoms with Gasteiger partial charge in [0, 0.05) is 11.6 Å². The van der Waals surface area contributed by atoms with E-state index in [1.54, 1.807) is 0 Å². The molecule has 2 heterocycles. The molecule has 0 saturated heterocycles. The normalized spacial score (nSPS) is 19.0. The summed E-state index contributed by atoms with van der Waals surface area (Å²) >= 11 is 0. The second-order valence-electron chi connectivity index (χ2n) is 8.86. The number of benzene rings is 4. The Morgan fingerprint density at radius 3 is 1.66 bits per heavy atom. The van der Waals surface area contributed by atoms with Gasteiger partial charge in [0.15, 0.2) is 5.78 Å². The monoisotopic (exact) mass is 457 g/mol. The van der Waals surface area contributed by atoms with E-state index in [9.17, 15) is 9.59 Å². The number of para-hydroxylation sites is 1. The van der Waals surface area contributed by atoms with Gasteiger partial charge in [-0.05, 0) is 22.8 Å². The fourth-order valence-electron chi connectivity index (χ4n) is 5.53. The number of allylic oxidation sites excluding steroid dienone is 1. The summed E-state index contributed by atoms with van der Waals surface area (Å²) in [5, 5.41) is 0. The van der Waals surface area contributed by atoms with Crippen molar-refractivity contribution in [1.29, 1.82) is 0 Å². The number of ketones is 1. The van der Waals surface area contributed by atoms with Gasteiger partial charge < -0.3 is 4.74 Å². The third-order valence-electron chi connectivity index (χ3n) is 6.99. The Morgan fingerprint density at radius 1 is 0.657 bits per heavy atom. The summed E-state index contributed by atoms with van der Waals surface area (Å²) < 4.78 is 6.08. The van der Waals surface area contributed by atoms with Gasteiger partial charge in [-0.3, -0.25) is 14.5 Å². The van der Waals surface area contributed by atoms with E-state index in [0.717, 1.165) is 22.4 Å². The maximum absolute atomic E-state index is 14.7. The minimum absolute atomic E-state index is 0.0374. The maximum Gasteiger partial charge on any atom is 0.277 e. The van der Waals surface area contributed by atoms with Crippen molar-refractivity contribution in [2.24, 2.45) is 0 Å². The SMILES string of the molecule is O=C1C=COC2(C1)C(=O)N(C(c1ccccc1)(c1ccccc1)c1ccccc1)c1ccccc12. The molecular weight excluding hydrogens is 434 g/mol. The Hall–Kier alpha value is -4.44. The molecule has 4 nitrogen and oxygen atoms in total. The first-order valence-electron chi connectivity index (χ1n) is 11.7. The second-order valence-corrected chi connectivity index (χ2v) is 8.86. The molecule has 170 valence electrons. The van der Waals surface area contributed by atoms with Crippen LogP contribution in [0.1, 0.15) is 28.7 Å². The minimum Gasteiger partial charge on any atom is -0.480 e. The molecule has 1 amide bonds. The predicted octanol–water partition coefficient (Wildman–Crippen LogP) is 5.72. The van der Waals surface area contributed by atoms with Crippen LogP contribution in [-0.4, -0.2) is 11.7 Å². The molecule has 35 heavy (non-hydrogen) atoms. The van der Waals surface area contributed by atoms with E-state index >= 15 is 0 Å². The number of nitrogens with zero attached hydrogens (tertiary/aromatic N) is 1. The van der Waals surface area contributed by atoms with Crippen molar-refractivity contribution in [3.63, 3.8) is 0 Å². The van der Waals surface area contributed by atoms with Crippen molar-refractivity contribution >= 4 is 17.4 Å². The number of carbonyl (C=O) groups is 2. The van der Waals surface area contributed by atoms with Gasteiger partial charge in [0.2, 0.25) is 5.60 Å². The molecular formula is C31H23NO3. The Morgan fingerprint density at radius 2 is 1.14 bits per heavy atom. The molecule has 6 rings (SSSR count). The molecule has 2 aliphatic rings. The summed E-state index contributed by atoms with van der Waals surface area (Å²) in [6.45, 7) is 0. The van der Waals surface area contributed by atoms with Crippen molar-refractivity contribution in [1.82, 2.24) is 0 Å². The first-order valence-corrected chi connectivity index (χ1v) is 11.7. The number of ether oxygens (including phenoxy) is 1. The fraction of sp³-hybridized carbons (Fsp3) is 0.0968. The van der Waals surface area contributed by atoms with Gasteiger partial charge in [-0.25, -0.2) is 0 Å². The lowest BCUT2D eigenvalue weighted by Crippen LogP contribution is -2.54. The Balaban J connectivity index is 1.73. The molecule has 4 aromatic rings. The summed E-state index contributed by atoms with van der Waals surface area (Å²) in [6, 6.07) is 37.8. The van der Waals surface area contributed by atoms with E-state index in [1.807, 2.05) is 120 Å². The summed E-state index contributed by atoms with van der Waals surface area (Å²) in [5.41, 5.74) is 1.87. The zero-order chi connectivity index (χ0) is 23.9. The standard InChI is InChI=1S/C31H23NO3/c33-26-20-21-35-30(22-26)27-18-10-11-19-28(27)32(29(30)34)31(23-12-4-1-5-13-23,24-14-6-2-7-15-24)25-16-8-3-9-17-25/h1-21H,22H2. The van der Waals surface area contributed by atoms with Gasteiger partial charge in [-0.1, -0.05) is 109 Å². The molecule has 0 N–H and O–H groups in total. The summed E-state index contributed by atoms with van der Waals surface area (Å²) in [7, 11) is 0. The number of hydrogen-bond acceptors (Lipinski definition) is 3. The quantitative estimate of drug-likeness (QED) is 0.368. The summed E-state index contributed by atoms with van der Waals surface area (Å²) in [4.78, 5) is 29.1. The highest BCUT2D eigenvalue weighted by Gasteiger charge is 2.60. The van der Waals surface area contributed by atoms with Crippen LogP contribution in [0.2, 0.25) is 0 Å². The number of anilines is 1. The summed E-state index contributed by atoms with van der Waals surface area (Å²) in [5.74, 6) is -0.390. The molecule has 0 bridgehead atoms. The molecule has 1 unspecified atom stereocenters. The molecule has 0 saturated carbocycles. The van der Waals surface area contributed by atoms with Crippen LogP contribution < -0.4 is 4.90 Å². The van der Waals surface area contributed by atoms with Crippen LogP contribution in [0.4, 0.5) is 5.69 Å². The molecule has 0 radical (unpaired) electrons. The highest BCUT2D eigenvalue weighted by atomic mass is 16.5. The highest BCUT2D eigenvalue weighted by Crippen LogP contribution is 2.54. The van der Waals surface area contributed by atoms with Crippen molar-refractivity contribution in [3.05, 3.63) is 150 Å². The van der Waals surface area contributed by atoms with Crippen LogP contribution in [0.3, 0.4) is 0 Å². The van der Waals surface area contributed by atoms with E-state index in [4.69, 9.17) is 4.74 Å². The number of amides is 1. The first kappa shape index (κ1) is 21.1. The molecule has 4 aromatic carbocycles. The van der Waals surface area contributed by atoms with Crippen molar-refractivity contribution < 1.29 is 14.3 Å². The van der Waals surface area contributed by atoms with E-state index in [0.29, 0.717) is 5.56 Å². The van der Waals surface area contributed by atoms with Crippen LogP contribution in [0, 0.1) is 0 Å². The highest BCUT2D eigenvalue weighted by molar-refractivity contribution is 6.12. The van der Waals surface area contributed by atoms with Crippen LogP contribution in [0.25, 0.3) is 0 Å². The number of fused-ring (bicyclic) bond motifs is 2. The van der Waals surface area contributed by atoms with Gasteiger partial charge in [0.05, 0.1) is 18.4 Å². The Labute approximate surface area is 204 Å². The zero-order valence-electron chi connectivity index (χ0n) is 19.0. The number of hydrogen-bond donors (Lipinski definition) is 0. The Kier molecular flexibility index (Phi) is 4.89. The molecule has 4 heteroatoms. The summed E-state index contributed by atoms with van der Waals surface area (Å²) in [6.07, 6.45) is 2.71. The van der Waals surface area contributed by atoms with Gasteiger partial charge in [-0.2, -0.15) is 0 Å². The third kappa shape index (κ3) is 3.00. The lowest BCUT2D eigenvalue weighted by atomic mass is 9.75. The molecule has 1 atom stereocenters. The molecule has 0 aromatic heterocycles. The van der Waals surface area contributed by atoms with Crippen LogP contribution in [-0.2, 0) is 25.5 Å². The van der Waals surface area contributed by atoms with Crippen LogP contribution >= 0.6 is 0 Å². The van der Waals surface area contributed by atoms with Crippen LogP contribution in [0.5, 0.6) is 0 Å². The Bertz CT molecular complexity index is 1330. The number of carbonyl (C=O) groups excluding carboxylic acids is 2. The van der Waals surface area contributed by atoms with E-state index in [2.05, 4.69) is 0 Å². The zero-order valence-corrected chi connectivity index (χ0v) is 19.0. The second kappa shape index (κ2) is 8.10. The topological polar surface area (TPSA) is 46.6 Å². The van der Waals surface area contributed by atoms with E-state index in [1.165, 1.54) is 12.3 Å². The van der Waals surface area contributed by atoms with Gasteiger partial charge in [0.1, 0.15) is 5.54 Å². The lowest BCUT2D eigenvalue weighted by Gasteiger charge is -2.44. The van der Waals surface area contributed by atoms with Crippen LogP contribution in [0.15, 0.2) is 128 Å². The van der Waals surface area contributed by atoms with Gasteiger partial charge in [-0.15, -0.1) is 0 Å². The smallest absolute Gasteiger partial charge is 0.277 e. The first-order chi connectivity index (χ1) is 17.2. The van der Waals surface area contributed by atoms with Crippen molar-refractivity contribution in [2.45, 2.75) is 17.6 Å². The minimum atomic E-state index is -1.40. The average Bonchev–Trinajstić information content (AvgIpc) is 3.14. The fourth-order valence-corrected chi connectivity index (χ4v) is 5.53. The molecule has 0 aliphatic carbocycles. The predicted molar refractivity (Wildman–Crippen MR) is 135 cm³/mol. The molecule has 0 fully saturated rings. The van der Waals surface area contributed by atoms with Crippen molar-refractivity contribution in [3.8, 4) is 0 Å². The maximum atomic E-state index is 14.7. The largest absolute Gasteiger partial charge is 0.480 e.